The van der Waals surface area contributed by atoms with E-state index < -0.39 is 23.3 Å². The fraction of sp³-hybridized carbons (Fsp3) is 0.562. The van der Waals surface area contributed by atoms with Gasteiger partial charge >= 0.3 is 0 Å². The summed E-state index contributed by atoms with van der Waals surface area (Å²) in [6, 6.07) is 5.49. The molecule has 2 aromatic rings. The third-order valence-electron chi connectivity index (χ3n) is 7.72. The van der Waals surface area contributed by atoms with Crippen molar-refractivity contribution in [3.05, 3.63) is 65.2 Å². The van der Waals surface area contributed by atoms with E-state index >= 15 is 8.78 Å². The Balaban J connectivity index is 1.61. The van der Waals surface area contributed by atoms with E-state index in [0.29, 0.717) is 18.1 Å². The minimum atomic E-state index is -1.22. The van der Waals surface area contributed by atoms with Gasteiger partial charge in [0.2, 0.25) is 5.82 Å². The zero-order chi connectivity index (χ0) is 26.6. The highest BCUT2D eigenvalue weighted by atomic mass is 19.2. The lowest BCUT2D eigenvalue weighted by atomic mass is 9.77. The highest BCUT2D eigenvalue weighted by Gasteiger charge is 2.27. The molecule has 1 nitrogen and oxygen atoms in total. The third-order valence-corrected chi connectivity index (χ3v) is 7.72. The third kappa shape index (κ3) is 8.09. The highest BCUT2D eigenvalue weighted by Crippen LogP contribution is 2.41. The Labute approximate surface area is 220 Å². The average molecular weight is 519 g/mol. The summed E-state index contributed by atoms with van der Waals surface area (Å²) in [5.41, 5.74) is -0.226. The molecule has 0 aromatic heterocycles. The topological polar surface area (TPSA) is 9.23 Å². The Morgan fingerprint density at radius 2 is 1.38 bits per heavy atom. The molecule has 1 fully saturated rings. The monoisotopic (exact) mass is 518 g/mol. The number of rotatable bonds is 14. The summed E-state index contributed by atoms with van der Waals surface area (Å²) < 4.78 is 65.2. The molecule has 0 unspecified atom stereocenters. The van der Waals surface area contributed by atoms with E-state index in [1.54, 1.807) is 6.07 Å². The fourth-order valence-electron chi connectivity index (χ4n) is 5.44. The molecule has 2 aromatic carbocycles. The lowest BCUT2D eigenvalue weighted by Crippen LogP contribution is -2.15. The van der Waals surface area contributed by atoms with Gasteiger partial charge in [-0.2, -0.15) is 4.39 Å². The predicted molar refractivity (Wildman–Crippen MR) is 144 cm³/mol. The van der Waals surface area contributed by atoms with Gasteiger partial charge in [0.05, 0.1) is 6.61 Å². The maximum Gasteiger partial charge on any atom is 0.201 e. The molecule has 5 heteroatoms. The van der Waals surface area contributed by atoms with Crippen molar-refractivity contribution >= 4 is 0 Å². The second-order valence-corrected chi connectivity index (χ2v) is 10.4. The van der Waals surface area contributed by atoms with Crippen molar-refractivity contribution in [2.45, 2.75) is 103 Å². The van der Waals surface area contributed by atoms with Crippen LogP contribution in [0.5, 0.6) is 5.75 Å². The fourth-order valence-corrected chi connectivity index (χ4v) is 5.44. The molecule has 0 saturated heterocycles. The van der Waals surface area contributed by atoms with Crippen LogP contribution in [0.25, 0.3) is 11.1 Å². The van der Waals surface area contributed by atoms with Gasteiger partial charge in [0.15, 0.2) is 23.2 Å². The van der Waals surface area contributed by atoms with Crippen molar-refractivity contribution in [2.24, 2.45) is 5.92 Å². The first-order valence-corrected chi connectivity index (χ1v) is 14.2. The van der Waals surface area contributed by atoms with Crippen LogP contribution >= 0.6 is 0 Å². The molecule has 37 heavy (non-hydrogen) atoms. The van der Waals surface area contributed by atoms with Crippen molar-refractivity contribution in [3.63, 3.8) is 0 Å². The smallest absolute Gasteiger partial charge is 0.201 e. The molecule has 0 aliphatic heterocycles. The van der Waals surface area contributed by atoms with Crippen molar-refractivity contribution < 1.29 is 22.3 Å². The quantitative estimate of drug-likeness (QED) is 0.137. The first-order valence-electron chi connectivity index (χ1n) is 14.2. The van der Waals surface area contributed by atoms with Crippen LogP contribution in [0.3, 0.4) is 0 Å². The van der Waals surface area contributed by atoms with Gasteiger partial charge in [-0.1, -0.05) is 69.7 Å². The van der Waals surface area contributed by atoms with Crippen LogP contribution in [0.1, 0.15) is 109 Å². The molecule has 1 saturated carbocycles. The zero-order valence-corrected chi connectivity index (χ0v) is 22.4. The Morgan fingerprint density at radius 1 is 0.757 bits per heavy atom. The Hall–Kier alpha value is -2.30. The molecular formula is C32H42F4O. The molecule has 0 radical (unpaired) electrons. The Bertz CT molecular complexity index is 1010. The van der Waals surface area contributed by atoms with Crippen molar-refractivity contribution in [1.82, 2.24) is 0 Å². The van der Waals surface area contributed by atoms with E-state index in [-0.39, 0.29) is 22.8 Å². The number of ether oxygens (including phenoxy) is 1. The van der Waals surface area contributed by atoms with Gasteiger partial charge in [0, 0.05) is 11.1 Å². The van der Waals surface area contributed by atoms with Crippen LogP contribution in [-0.2, 0) is 0 Å². The van der Waals surface area contributed by atoms with E-state index in [2.05, 4.69) is 19.1 Å². The Kier molecular flexibility index (Phi) is 12.0. The van der Waals surface area contributed by atoms with Crippen molar-refractivity contribution in [2.75, 3.05) is 6.61 Å². The van der Waals surface area contributed by atoms with E-state index in [9.17, 15) is 8.78 Å². The summed E-state index contributed by atoms with van der Waals surface area (Å²) in [5.74, 6) is -4.09. The predicted octanol–water partition coefficient (Wildman–Crippen LogP) is 10.7. The molecule has 0 spiro atoms. The lowest BCUT2D eigenvalue weighted by molar-refractivity contribution is 0.285. The second kappa shape index (κ2) is 15.2. The molecule has 1 aliphatic carbocycles. The molecule has 0 bridgehead atoms. The molecule has 0 amide bonds. The van der Waals surface area contributed by atoms with Gasteiger partial charge in [0.1, 0.15) is 0 Å². The van der Waals surface area contributed by atoms with Crippen LogP contribution in [0.4, 0.5) is 17.6 Å². The van der Waals surface area contributed by atoms with Crippen LogP contribution in [0.2, 0.25) is 0 Å². The minimum Gasteiger partial charge on any atom is -0.490 e. The molecular weight excluding hydrogens is 476 g/mol. The second-order valence-electron chi connectivity index (χ2n) is 10.4. The van der Waals surface area contributed by atoms with Gasteiger partial charge in [-0.3, -0.25) is 0 Å². The molecule has 204 valence electrons. The molecule has 0 N–H and O–H groups in total. The normalized spacial score (nSPS) is 18.0. The molecule has 3 rings (SSSR count). The number of hydrogen-bond donors (Lipinski definition) is 0. The Morgan fingerprint density at radius 3 is 2.05 bits per heavy atom. The zero-order valence-electron chi connectivity index (χ0n) is 22.4. The van der Waals surface area contributed by atoms with Gasteiger partial charge in [0.25, 0.3) is 0 Å². The summed E-state index contributed by atoms with van der Waals surface area (Å²) in [5, 5.41) is 0. The summed E-state index contributed by atoms with van der Waals surface area (Å²) in [7, 11) is 0. The van der Waals surface area contributed by atoms with E-state index in [4.69, 9.17) is 4.74 Å². The van der Waals surface area contributed by atoms with Gasteiger partial charge < -0.3 is 4.74 Å². The van der Waals surface area contributed by atoms with Crippen molar-refractivity contribution in [3.8, 4) is 16.9 Å². The molecule has 1 aliphatic rings. The highest BCUT2D eigenvalue weighted by molar-refractivity contribution is 5.66. The standard InChI is InChI=1S/C32H42F4O/c1-3-5-7-8-9-10-12-22-37-28-21-20-27(31(35)32(28)36)26-19-18-25(29(33)30(26)34)24-16-14-23(15-17-24)13-11-6-4-2/h4,6,18-21,23-24H,3,5,7-17,22H2,1-2H3/b6-4+. The van der Waals surface area contributed by atoms with Gasteiger partial charge in [-0.15, -0.1) is 0 Å². The largest absolute Gasteiger partial charge is 0.490 e. The first kappa shape index (κ1) is 29.3. The summed E-state index contributed by atoms with van der Waals surface area (Å²) in [6.45, 7) is 4.48. The number of allylic oxidation sites excluding steroid dienone is 2. The number of halogens is 4. The van der Waals surface area contributed by atoms with Gasteiger partial charge in [-0.05, 0) is 81.4 Å². The van der Waals surface area contributed by atoms with Crippen molar-refractivity contribution in [1.29, 1.82) is 0 Å². The van der Waals surface area contributed by atoms with Crippen LogP contribution in [-0.4, -0.2) is 6.61 Å². The summed E-state index contributed by atoms with van der Waals surface area (Å²) >= 11 is 0. The molecule has 0 heterocycles. The first-order chi connectivity index (χ1) is 18.0. The van der Waals surface area contributed by atoms with E-state index in [0.717, 1.165) is 57.8 Å². The minimum absolute atomic E-state index is 0.0504. The summed E-state index contributed by atoms with van der Waals surface area (Å²) in [6.07, 6.45) is 17.6. The van der Waals surface area contributed by atoms with E-state index in [1.807, 2.05) is 6.92 Å². The van der Waals surface area contributed by atoms with Gasteiger partial charge in [-0.25, -0.2) is 13.2 Å². The van der Waals surface area contributed by atoms with Crippen LogP contribution in [0, 0.1) is 29.2 Å². The van der Waals surface area contributed by atoms with Crippen LogP contribution < -0.4 is 4.74 Å². The SMILES string of the molecule is C/C=C/CCC1CCC(c2ccc(-c3ccc(OCCCCCCCCC)c(F)c3F)c(F)c2F)CC1. The number of benzene rings is 2. The number of hydrogen-bond acceptors (Lipinski definition) is 1. The maximum atomic E-state index is 15.1. The molecule has 0 atom stereocenters. The summed E-state index contributed by atoms with van der Waals surface area (Å²) in [4.78, 5) is 0. The maximum absolute atomic E-state index is 15.1. The average Bonchev–Trinajstić information content (AvgIpc) is 2.91. The van der Waals surface area contributed by atoms with E-state index in [1.165, 1.54) is 43.9 Å². The number of unbranched alkanes of at least 4 members (excludes halogenated alkanes) is 6. The lowest BCUT2D eigenvalue weighted by Gasteiger charge is -2.29. The van der Waals surface area contributed by atoms with Crippen LogP contribution in [0.15, 0.2) is 36.4 Å².